The number of halogens is 1. The number of para-hydroxylation sites is 1. The summed E-state index contributed by atoms with van der Waals surface area (Å²) in [5.41, 5.74) is 6.08. The van der Waals surface area contributed by atoms with Gasteiger partial charge in [-0.25, -0.2) is 4.98 Å². The third-order valence-electron chi connectivity index (χ3n) is 3.38. The Balaban J connectivity index is 1.94. The van der Waals surface area contributed by atoms with Crippen molar-refractivity contribution >= 4 is 23.1 Å². The average Bonchev–Trinajstić information content (AvgIpc) is 2.70. The number of anilines is 1. The fourth-order valence-electron chi connectivity index (χ4n) is 2.32. The van der Waals surface area contributed by atoms with Crippen LogP contribution in [0.2, 0.25) is 5.02 Å². The van der Waals surface area contributed by atoms with Crippen LogP contribution in [0.4, 0.5) is 5.82 Å². The summed E-state index contributed by atoms with van der Waals surface area (Å²) >= 11 is 6.08. The minimum absolute atomic E-state index is 0.552. The van der Waals surface area contributed by atoms with Crippen LogP contribution in [0.1, 0.15) is 24.0 Å². The number of aromatic nitrogens is 1. The standard InChI is InChI=1S/C16H16ClN3O/c1-11-5-2-6-12-14(8-4-10-21-15(11)12)19-20-16-13(17)7-3-9-18-16/h2-3,5-7,9H,4,8,10H2,1H3,(H,18,20)/b19-14-. The third-order valence-corrected chi connectivity index (χ3v) is 3.69. The molecule has 0 amide bonds. The maximum atomic E-state index is 6.08. The molecule has 0 atom stereocenters. The SMILES string of the molecule is Cc1cccc2c1OCCC/C2=N/Nc1ncccc1Cl. The molecule has 0 bridgehead atoms. The maximum Gasteiger partial charge on any atom is 0.165 e. The van der Waals surface area contributed by atoms with Gasteiger partial charge < -0.3 is 4.74 Å². The molecule has 108 valence electrons. The van der Waals surface area contributed by atoms with Crippen molar-refractivity contribution in [2.75, 3.05) is 12.0 Å². The summed E-state index contributed by atoms with van der Waals surface area (Å²) in [6.07, 6.45) is 3.47. The molecule has 1 aliphatic heterocycles. The van der Waals surface area contributed by atoms with Gasteiger partial charge in [-0.2, -0.15) is 5.10 Å². The molecule has 0 aliphatic carbocycles. The van der Waals surface area contributed by atoms with Crippen LogP contribution in [0.5, 0.6) is 5.75 Å². The van der Waals surface area contributed by atoms with Crippen molar-refractivity contribution < 1.29 is 4.74 Å². The lowest BCUT2D eigenvalue weighted by Gasteiger charge is -2.11. The van der Waals surface area contributed by atoms with Crippen LogP contribution in [0, 0.1) is 6.92 Å². The molecule has 0 radical (unpaired) electrons. The molecular weight excluding hydrogens is 286 g/mol. The summed E-state index contributed by atoms with van der Waals surface area (Å²) in [6.45, 7) is 2.76. The van der Waals surface area contributed by atoms with Gasteiger partial charge in [0.05, 0.1) is 17.3 Å². The molecule has 3 rings (SSSR count). The molecule has 4 nitrogen and oxygen atoms in total. The van der Waals surface area contributed by atoms with Crippen molar-refractivity contribution in [1.82, 2.24) is 4.98 Å². The van der Waals surface area contributed by atoms with E-state index in [2.05, 4.69) is 15.5 Å². The smallest absolute Gasteiger partial charge is 0.165 e. The molecule has 0 unspecified atom stereocenters. The summed E-state index contributed by atoms with van der Waals surface area (Å²) in [7, 11) is 0. The Bertz CT molecular complexity index is 685. The maximum absolute atomic E-state index is 6.08. The lowest BCUT2D eigenvalue weighted by Crippen LogP contribution is -2.05. The first-order valence-corrected chi connectivity index (χ1v) is 7.29. The molecule has 0 fully saturated rings. The first-order valence-electron chi connectivity index (χ1n) is 6.91. The predicted molar refractivity (Wildman–Crippen MR) is 85.3 cm³/mol. The fourth-order valence-corrected chi connectivity index (χ4v) is 2.49. The number of aryl methyl sites for hydroxylation is 1. The van der Waals surface area contributed by atoms with Crippen LogP contribution in [-0.2, 0) is 0 Å². The Labute approximate surface area is 128 Å². The molecule has 0 saturated heterocycles. The van der Waals surface area contributed by atoms with E-state index in [0.29, 0.717) is 17.4 Å². The number of hydrazone groups is 1. The quantitative estimate of drug-likeness (QED) is 0.852. The number of hydrogen-bond donors (Lipinski definition) is 1. The monoisotopic (exact) mass is 301 g/mol. The number of hydrogen-bond acceptors (Lipinski definition) is 4. The second-order valence-corrected chi connectivity index (χ2v) is 5.31. The minimum atomic E-state index is 0.552. The summed E-state index contributed by atoms with van der Waals surface area (Å²) in [6, 6.07) is 9.68. The first-order chi connectivity index (χ1) is 10.3. The van der Waals surface area contributed by atoms with Gasteiger partial charge >= 0.3 is 0 Å². The zero-order valence-electron chi connectivity index (χ0n) is 11.8. The number of benzene rings is 1. The summed E-state index contributed by atoms with van der Waals surface area (Å²) in [4.78, 5) is 4.18. The molecule has 2 heterocycles. The van der Waals surface area contributed by atoms with Crippen molar-refractivity contribution in [2.24, 2.45) is 5.10 Å². The van der Waals surface area contributed by atoms with Gasteiger partial charge in [0, 0.05) is 11.8 Å². The van der Waals surface area contributed by atoms with Gasteiger partial charge in [-0.1, -0.05) is 23.7 Å². The molecule has 21 heavy (non-hydrogen) atoms. The van der Waals surface area contributed by atoms with E-state index in [-0.39, 0.29) is 0 Å². The van der Waals surface area contributed by atoms with Crippen LogP contribution >= 0.6 is 11.6 Å². The van der Waals surface area contributed by atoms with E-state index < -0.39 is 0 Å². The highest BCUT2D eigenvalue weighted by molar-refractivity contribution is 6.32. The first kappa shape index (κ1) is 13.9. The number of ether oxygens (including phenoxy) is 1. The van der Waals surface area contributed by atoms with E-state index in [9.17, 15) is 0 Å². The van der Waals surface area contributed by atoms with Gasteiger partial charge in [0.25, 0.3) is 0 Å². The lowest BCUT2D eigenvalue weighted by atomic mass is 10.0. The number of nitrogens with one attached hydrogen (secondary N) is 1. The highest BCUT2D eigenvalue weighted by Crippen LogP contribution is 2.28. The van der Waals surface area contributed by atoms with Gasteiger partial charge in [0.2, 0.25) is 0 Å². The van der Waals surface area contributed by atoms with Crippen molar-refractivity contribution in [3.8, 4) is 5.75 Å². The second kappa shape index (κ2) is 6.14. The summed E-state index contributed by atoms with van der Waals surface area (Å²) in [5.74, 6) is 1.48. The molecular formula is C16H16ClN3O. The van der Waals surface area contributed by atoms with Gasteiger partial charge in [-0.3, -0.25) is 5.43 Å². The van der Waals surface area contributed by atoms with Crippen LogP contribution in [0.15, 0.2) is 41.6 Å². The van der Waals surface area contributed by atoms with Gasteiger partial charge in [-0.05, 0) is 43.5 Å². The third kappa shape index (κ3) is 3.00. The number of rotatable bonds is 2. The van der Waals surface area contributed by atoms with Gasteiger partial charge in [-0.15, -0.1) is 0 Å². The van der Waals surface area contributed by atoms with Gasteiger partial charge in [0.15, 0.2) is 5.82 Å². The Morgan fingerprint density at radius 2 is 2.19 bits per heavy atom. The summed E-state index contributed by atoms with van der Waals surface area (Å²) < 4.78 is 5.83. The zero-order chi connectivity index (χ0) is 14.7. The normalized spacial score (nSPS) is 16.0. The Kier molecular flexibility index (Phi) is 4.06. The fraction of sp³-hybridized carbons (Fsp3) is 0.250. The summed E-state index contributed by atoms with van der Waals surface area (Å²) in [5, 5.41) is 5.05. The number of nitrogens with zero attached hydrogens (tertiary/aromatic N) is 2. The van der Waals surface area contributed by atoms with Crippen LogP contribution < -0.4 is 10.2 Å². The zero-order valence-corrected chi connectivity index (χ0v) is 12.5. The molecule has 5 heteroatoms. The molecule has 1 aromatic carbocycles. The van der Waals surface area contributed by atoms with E-state index in [1.807, 2.05) is 25.1 Å². The van der Waals surface area contributed by atoms with Crippen molar-refractivity contribution in [1.29, 1.82) is 0 Å². The minimum Gasteiger partial charge on any atom is -0.493 e. The number of fused-ring (bicyclic) bond motifs is 1. The van der Waals surface area contributed by atoms with Crippen molar-refractivity contribution in [3.63, 3.8) is 0 Å². The van der Waals surface area contributed by atoms with E-state index in [4.69, 9.17) is 16.3 Å². The molecule has 1 N–H and O–H groups in total. The van der Waals surface area contributed by atoms with Crippen LogP contribution in [-0.4, -0.2) is 17.3 Å². The van der Waals surface area contributed by atoms with Crippen LogP contribution in [0.25, 0.3) is 0 Å². The Morgan fingerprint density at radius 1 is 1.29 bits per heavy atom. The molecule has 1 aliphatic rings. The largest absolute Gasteiger partial charge is 0.493 e. The van der Waals surface area contributed by atoms with Crippen LogP contribution in [0.3, 0.4) is 0 Å². The van der Waals surface area contributed by atoms with E-state index in [1.165, 1.54) is 0 Å². The Hall–Kier alpha value is -2.07. The van der Waals surface area contributed by atoms with E-state index in [1.54, 1.807) is 18.3 Å². The molecule has 1 aromatic heterocycles. The number of pyridine rings is 1. The van der Waals surface area contributed by atoms with E-state index in [0.717, 1.165) is 35.4 Å². The highest BCUT2D eigenvalue weighted by atomic mass is 35.5. The Morgan fingerprint density at radius 3 is 3.05 bits per heavy atom. The topological polar surface area (TPSA) is 46.5 Å². The second-order valence-electron chi connectivity index (χ2n) is 4.91. The lowest BCUT2D eigenvalue weighted by molar-refractivity contribution is 0.316. The van der Waals surface area contributed by atoms with Gasteiger partial charge in [0.1, 0.15) is 5.75 Å². The molecule has 0 saturated carbocycles. The molecule has 2 aromatic rings. The van der Waals surface area contributed by atoms with Crippen molar-refractivity contribution in [3.05, 3.63) is 52.7 Å². The molecule has 0 spiro atoms. The van der Waals surface area contributed by atoms with Crippen molar-refractivity contribution in [2.45, 2.75) is 19.8 Å². The average molecular weight is 302 g/mol. The predicted octanol–water partition coefficient (Wildman–Crippen LogP) is 4.03. The van der Waals surface area contributed by atoms with E-state index >= 15 is 0 Å². The highest BCUT2D eigenvalue weighted by Gasteiger charge is 2.16.